The van der Waals surface area contributed by atoms with Gasteiger partial charge in [-0.15, -0.1) is 0 Å². The summed E-state index contributed by atoms with van der Waals surface area (Å²) >= 11 is 6.15. The van der Waals surface area contributed by atoms with Crippen LogP contribution in [0.5, 0.6) is 0 Å². The number of amides is 2. The summed E-state index contributed by atoms with van der Waals surface area (Å²) < 4.78 is 5.11. The number of carbonyl (C=O) groups is 2. The number of benzene rings is 3. The molecule has 0 aliphatic carbocycles. The van der Waals surface area contributed by atoms with Crippen molar-refractivity contribution in [3.63, 3.8) is 0 Å². The molecule has 7 heteroatoms. The number of hydrogen-bond donors (Lipinski definition) is 2. The highest BCUT2D eigenvalue weighted by Gasteiger charge is 2.20. The van der Waals surface area contributed by atoms with Gasteiger partial charge in [0.2, 0.25) is 5.91 Å². The highest BCUT2D eigenvalue weighted by molar-refractivity contribution is 6.33. The van der Waals surface area contributed by atoms with Crippen LogP contribution in [0.4, 0.5) is 5.69 Å². The largest absolute Gasteiger partial charge is 0.423 e. The lowest BCUT2D eigenvalue weighted by atomic mass is 10.0. The minimum atomic E-state index is -0.557. The third-order valence-electron chi connectivity index (χ3n) is 4.92. The monoisotopic (exact) mass is 446 g/mol. The van der Waals surface area contributed by atoms with Crippen LogP contribution in [0.15, 0.2) is 94.1 Å². The lowest BCUT2D eigenvalue weighted by molar-refractivity contribution is -0.116. The molecular weight excluding hydrogens is 428 g/mol. The third kappa shape index (κ3) is 5.04. The molecule has 0 saturated carbocycles. The van der Waals surface area contributed by atoms with Crippen molar-refractivity contribution >= 4 is 40.1 Å². The Labute approximate surface area is 188 Å². The van der Waals surface area contributed by atoms with Crippen LogP contribution >= 0.6 is 11.6 Å². The SMILES string of the molecule is O=C(CC(NC(=O)c1ccccc1Cl)c1ccccc1)Nc1ccc2oc(=O)ccc2c1. The number of anilines is 1. The zero-order chi connectivity index (χ0) is 22.5. The Balaban J connectivity index is 1.52. The van der Waals surface area contributed by atoms with Crippen LogP contribution < -0.4 is 16.3 Å². The molecule has 4 rings (SSSR count). The van der Waals surface area contributed by atoms with Crippen molar-refractivity contribution in [3.8, 4) is 0 Å². The molecule has 1 unspecified atom stereocenters. The van der Waals surface area contributed by atoms with Gasteiger partial charge in [0.1, 0.15) is 5.58 Å². The highest BCUT2D eigenvalue weighted by Crippen LogP contribution is 2.22. The second-order valence-corrected chi connectivity index (χ2v) is 7.58. The molecule has 0 radical (unpaired) electrons. The van der Waals surface area contributed by atoms with Crippen LogP contribution in [0.1, 0.15) is 28.4 Å². The quantitative estimate of drug-likeness (QED) is 0.410. The molecule has 160 valence electrons. The zero-order valence-electron chi connectivity index (χ0n) is 16.9. The average molecular weight is 447 g/mol. The predicted octanol–water partition coefficient (Wildman–Crippen LogP) is 4.95. The molecule has 4 aromatic rings. The normalized spacial score (nSPS) is 11.7. The number of nitrogens with one attached hydrogen (secondary N) is 2. The van der Waals surface area contributed by atoms with E-state index in [0.717, 1.165) is 5.56 Å². The summed E-state index contributed by atoms with van der Waals surface area (Å²) in [7, 11) is 0. The first-order valence-corrected chi connectivity index (χ1v) is 10.3. The van der Waals surface area contributed by atoms with E-state index >= 15 is 0 Å². The molecule has 0 spiro atoms. The van der Waals surface area contributed by atoms with Crippen molar-refractivity contribution in [2.24, 2.45) is 0 Å². The van der Waals surface area contributed by atoms with E-state index in [4.69, 9.17) is 16.0 Å². The van der Waals surface area contributed by atoms with Gasteiger partial charge in [-0.3, -0.25) is 9.59 Å². The molecule has 0 saturated heterocycles. The summed E-state index contributed by atoms with van der Waals surface area (Å²) in [4.78, 5) is 36.9. The van der Waals surface area contributed by atoms with Crippen LogP contribution in [0.3, 0.4) is 0 Å². The summed E-state index contributed by atoms with van der Waals surface area (Å²) in [6, 6.07) is 23.4. The average Bonchev–Trinajstić information content (AvgIpc) is 2.79. The topological polar surface area (TPSA) is 88.4 Å². The number of hydrogen-bond acceptors (Lipinski definition) is 4. The Morgan fingerprint density at radius 3 is 2.44 bits per heavy atom. The Morgan fingerprint density at radius 2 is 1.66 bits per heavy atom. The number of fused-ring (bicyclic) bond motifs is 1. The minimum Gasteiger partial charge on any atom is -0.423 e. The fourth-order valence-electron chi connectivity index (χ4n) is 3.37. The van der Waals surface area contributed by atoms with E-state index in [0.29, 0.717) is 27.2 Å². The number of halogens is 1. The van der Waals surface area contributed by atoms with Gasteiger partial charge in [-0.25, -0.2) is 4.79 Å². The molecule has 0 bridgehead atoms. The smallest absolute Gasteiger partial charge is 0.336 e. The van der Waals surface area contributed by atoms with Crippen LogP contribution in [-0.4, -0.2) is 11.8 Å². The summed E-state index contributed by atoms with van der Waals surface area (Å²) in [6.07, 6.45) is 0.0160. The van der Waals surface area contributed by atoms with Crippen LogP contribution in [0.25, 0.3) is 11.0 Å². The van der Waals surface area contributed by atoms with E-state index in [1.807, 2.05) is 30.3 Å². The van der Waals surface area contributed by atoms with Crippen molar-refractivity contribution in [1.29, 1.82) is 0 Å². The van der Waals surface area contributed by atoms with E-state index in [1.54, 1.807) is 48.5 Å². The van der Waals surface area contributed by atoms with Gasteiger partial charge >= 0.3 is 5.63 Å². The maximum absolute atomic E-state index is 12.8. The standard InChI is InChI=1S/C25H19ClN2O4/c26-20-9-5-4-8-19(20)25(31)28-21(16-6-2-1-3-7-16)15-23(29)27-18-11-12-22-17(14-18)10-13-24(30)32-22/h1-14,21H,15H2,(H,27,29)(H,28,31). The van der Waals surface area contributed by atoms with Crippen molar-refractivity contribution < 1.29 is 14.0 Å². The molecule has 0 aliphatic rings. The minimum absolute atomic E-state index is 0.0160. The Morgan fingerprint density at radius 1 is 0.906 bits per heavy atom. The van der Waals surface area contributed by atoms with Crippen LogP contribution in [0, 0.1) is 0 Å². The molecule has 0 fully saturated rings. The van der Waals surface area contributed by atoms with Gasteiger partial charge in [0.05, 0.1) is 23.0 Å². The van der Waals surface area contributed by atoms with E-state index < -0.39 is 11.7 Å². The van der Waals surface area contributed by atoms with Crippen LogP contribution in [-0.2, 0) is 4.79 Å². The van der Waals surface area contributed by atoms with Gasteiger partial charge in [-0.05, 0) is 42.0 Å². The van der Waals surface area contributed by atoms with E-state index in [1.165, 1.54) is 6.07 Å². The molecule has 6 nitrogen and oxygen atoms in total. The van der Waals surface area contributed by atoms with Crippen molar-refractivity contribution in [2.45, 2.75) is 12.5 Å². The van der Waals surface area contributed by atoms with Gasteiger partial charge in [0.15, 0.2) is 0 Å². The fourth-order valence-corrected chi connectivity index (χ4v) is 3.59. The van der Waals surface area contributed by atoms with Gasteiger partial charge in [-0.2, -0.15) is 0 Å². The van der Waals surface area contributed by atoms with Crippen molar-refractivity contribution in [1.82, 2.24) is 5.32 Å². The molecule has 1 aromatic heterocycles. The van der Waals surface area contributed by atoms with Gasteiger partial charge < -0.3 is 15.1 Å². The highest BCUT2D eigenvalue weighted by atomic mass is 35.5. The van der Waals surface area contributed by atoms with Crippen LogP contribution in [0.2, 0.25) is 5.02 Å². The number of carbonyl (C=O) groups excluding carboxylic acids is 2. The Bertz CT molecular complexity index is 1330. The van der Waals surface area contributed by atoms with Gasteiger partial charge in [0, 0.05) is 17.1 Å². The summed E-state index contributed by atoms with van der Waals surface area (Å²) in [6.45, 7) is 0. The molecule has 2 amide bonds. The molecule has 2 N–H and O–H groups in total. The zero-order valence-corrected chi connectivity index (χ0v) is 17.6. The number of rotatable bonds is 6. The molecule has 1 atom stereocenters. The lowest BCUT2D eigenvalue weighted by Gasteiger charge is -2.19. The molecule has 32 heavy (non-hydrogen) atoms. The molecule has 3 aromatic carbocycles. The lowest BCUT2D eigenvalue weighted by Crippen LogP contribution is -2.31. The Hall–Kier alpha value is -3.90. The molecular formula is C25H19ClN2O4. The summed E-state index contributed by atoms with van der Waals surface area (Å²) in [5.41, 5.74) is 1.69. The predicted molar refractivity (Wildman–Crippen MR) is 124 cm³/mol. The Kier molecular flexibility index (Phi) is 6.33. The summed E-state index contributed by atoms with van der Waals surface area (Å²) in [5, 5.41) is 6.77. The van der Waals surface area contributed by atoms with E-state index in [9.17, 15) is 14.4 Å². The van der Waals surface area contributed by atoms with Gasteiger partial charge in [-0.1, -0.05) is 54.1 Å². The maximum Gasteiger partial charge on any atom is 0.336 e. The van der Waals surface area contributed by atoms with E-state index in [2.05, 4.69) is 10.6 Å². The maximum atomic E-state index is 12.8. The second kappa shape index (κ2) is 9.49. The molecule has 0 aliphatic heterocycles. The third-order valence-corrected chi connectivity index (χ3v) is 5.25. The molecule has 1 heterocycles. The first kappa shape index (κ1) is 21.3. The fraction of sp³-hybridized carbons (Fsp3) is 0.0800. The van der Waals surface area contributed by atoms with Crippen molar-refractivity contribution in [3.05, 3.63) is 111 Å². The first-order chi connectivity index (χ1) is 15.5. The van der Waals surface area contributed by atoms with E-state index in [-0.39, 0.29) is 18.2 Å². The first-order valence-electron chi connectivity index (χ1n) is 9.94. The summed E-state index contributed by atoms with van der Waals surface area (Å²) in [5.74, 6) is -0.645. The van der Waals surface area contributed by atoms with Gasteiger partial charge in [0.25, 0.3) is 5.91 Å². The second-order valence-electron chi connectivity index (χ2n) is 7.18. The van der Waals surface area contributed by atoms with Crippen molar-refractivity contribution in [2.75, 3.05) is 5.32 Å².